The molecule has 0 aliphatic heterocycles. The Morgan fingerprint density at radius 1 is 1.25 bits per heavy atom. The molecule has 0 fully saturated rings. The molecule has 3 N–H and O–H groups in total. The van der Waals surface area contributed by atoms with Gasteiger partial charge in [-0.3, -0.25) is 9.59 Å². The van der Waals surface area contributed by atoms with Gasteiger partial charge in [0.25, 0.3) is 0 Å². The minimum atomic E-state index is -0.981. The maximum absolute atomic E-state index is 11.9. The molecule has 0 aliphatic rings. The highest BCUT2D eigenvalue weighted by Gasteiger charge is 2.14. The predicted molar refractivity (Wildman–Crippen MR) is 73.5 cm³/mol. The third-order valence-corrected chi connectivity index (χ3v) is 2.61. The Morgan fingerprint density at radius 2 is 1.90 bits per heavy atom. The molecule has 1 aromatic rings. The van der Waals surface area contributed by atoms with Crippen molar-refractivity contribution >= 4 is 23.6 Å². The van der Waals surface area contributed by atoms with Gasteiger partial charge in [-0.1, -0.05) is 18.2 Å². The van der Waals surface area contributed by atoms with Gasteiger partial charge in [0.2, 0.25) is 5.91 Å². The number of benzene rings is 1. The number of amides is 3. The lowest BCUT2D eigenvalue weighted by Crippen LogP contribution is -2.39. The van der Waals surface area contributed by atoms with Crippen LogP contribution in [-0.2, 0) is 16.0 Å². The van der Waals surface area contributed by atoms with E-state index in [1.807, 2.05) is 0 Å². The second-order valence-corrected chi connectivity index (χ2v) is 4.19. The number of carbonyl (C=O) groups excluding carboxylic acids is 2. The maximum Gasteiger partial charge on any atom is 0.322 e. The quantitative estimate of drug-likeness (QED) is 0.732. The molecule has 0 atom stereocenters. The van der Waals surface area contributed by atoms with E-state index in [1.165, 1.54) is 19.0 Å². The van der Waals surface area contributed by atoms with Crippen LogP contribution in [0.25, 0.3) is 0 Å². The molecule has 0 heterocycles. The Morgan fingerprint density at radius 3 is 2.50 bits per heavy atom. The number of anilines is 1. The van der Waals surface area contributed by atoms with Gasteiger partial charge in [0.05, 0.1) is 6.42 Å². The van der Waals surface area contributed by atoms with Gasteiger partial charge in [-0.2, -0.15) is 0 Å². The number of nitrogens with one attached hydrogen (secondary N) is 2. The lowest BCUT2D eigenvalue weighted by atomic mass is 10.1. The molecule has 20 heavy (non-hydrogen) atoms. The molecule has 0 unspecified atom stereocenters. The van der Waals surface area contributed by atoms with Gasteiger partial charge >= 0.3 is 12.0 Å². The van der Waals surface area contributed by atoms with Gasteiger partial charge in [-0.15, -0.1) is 0 Å². The van der Waals surface area contributed by atoms with Crippen LogP contribution in [0.1, 0.15) is 5.56 Å². The Labute approximate surface area is 116 Å². The van der Waals surface area contributed by atoms with E-state index in [2.05, 4.69) is 10.6 Å². The van der Waals surface area contributed by atoms with Crippen LogP contribution >= 0.6 is 0 Å². The van der Waals surface area contributed by atoms with E-state index in [0.717, 1.165) is 0 Å². The molecule has 1 rings (SSSR count). The molecule has 0 saturated heterocycles. The molecule has 7 nitrogen and oxygen atoms in total. The van der Waals surface area contributed by atoms with Crippen LogP contribution < -0.4 is 10.6 Å². The first-order valence-corrected chi connectivity index (χ1v) is 5.96. The third-order valence-electron chi connectivity index (χ3n) is 2.61. The van der Waals surface area contributed by atoms with E-state index in [0.29, 0.717) is 11.3 Å². The molecule has 1 aromatic carbocycles. The number of carboxylic acids is 1. The number of urea groups is 1. The van der Waals surface area contributed by atoms with Crippen molar-refractivity contribution in [1.29, 1.82) is 0 Å². The second-order valence-electron chi connectivity index (χ2n) is 4.19. The molecule has 0 radical (unpaired) electrons. The molecular weight excluding hydrogens is 262 g/mol. The topological polar surface area (TPSA) is 98.7 Å². The van der Waals surface area contributed by atoms with Crippen molar-refractivity contribution in [3.8, 4) is 0 Å². The average molecular weight is 279 g/mol. The number of carbonyl (C=O) groups is 3. The summed E-state index contributed by atoms with van der Waals surface area (Å²) in [4.78, 5) is 35.0. The number of hydrogen-bond acceptors (Lipinski definition) is 3. The van der Waals surface area contributed by atoms with Crippen molar-refractivity contribution in [3.63, 3.8) is 0 Å². The maximum atomic E-state index is 11.9. The standard InChI is InChI=1S/C13H17N3O4/c1-14-11(17)8-16(2)13(20)15-10-6-4-3-5-9(10)7-12(18)19/h3-6H,7-8H2,1-2H3,(H,14,17)(H,15,20)(H,18,19). The van der Waals surface area contributed by atoms with Crippen LogP contribution in [0.2, 0.25) is 0 Å². The van der Waals surface area contributed by atoms with E-state index < -0.39 is 12.0 Å². The number of aliphatic carboxylic acids is 1. The van der Waals surface area contributed by atoms with Crippen molar-refractivity contribution in [2.75, 3.05) is 26.0 Å². The number of nitrogens with zero attached hydrogens (tertiary/aromatic N) is 1. The number of para-hydroxylation sites is 1. The number of likely N-dealkylation sites (N-methyl/N-ethyl adjacent to an activating group) is 2. The summed E-state index contributed by atoms with van der Waals surface area (Å²) in [6, 6.07) is 6.15. The van der Waals surface area contributed by atoms with Gasteiger partial charge < -0.3 is 20.6 Å². The summed E-state index contributed by atoms with van der Waals surface area (Å²) in [5.74, 6) is -1.27. The van der Waals surface area contributed by atoms with E-state index in [9.17, 15) is 14.4 Å². The first-order chi connectivity index (χ1) is 9.43. The van der Waals surface area contributed by atoms with Crippen molar-refractivity contribution in [3.05, 3.63) is 29.8 Å². The summed E-state index contributed by atoms with van der Waals surface area (Å²) in [5.41, 5.74) is 0.922. The van der Waals surface area contributed by atoms with Crippen molar-refractivity contribution in [2.24, 2.45) is 0 Å². The molecular formula is C13H17N3O4. The van der Waals surface area contributed by atoms with E-state index >= 15 is 0 Å². The number of carboxylic acid groups (broad SMARTS) is 1. The second kappa shape index (κ2) is 7.13. The molecule has 0 aromatic heterocycles. The molecule has 3 amide bonds. The van der Waals surface area contributed by atoms with Crippen LogP contribution in [0, 0.1) is 0 Å². The van der Waals surface area contributed by atoms with Crippen LogP contribution in [0.3, 0.4) is 0 Å². The fraction of sp³-hybridized carbons (Fsp3) is 0.308. The predicted octanol–water partition coefficient (Wildman–Crippen LogP) is 0.523. The van der Waals surface area contributed by atoms with Gasteiger partial charge in [-0.25, -0.2) is 4.79 Å². The lowest BCUT2D eigenvalue weighted by molar-refractivity contribution is -0.136. The van der Waals surface area contributed by atoms with Crippen molar-refractivity contribution in [2.45, 2.75) is 6.42 Å². The van der Waals surface area contributed by atoms with Gasteiger partial charge in [-0.05, 0) is 11.6 Å². The zero-order valence-corrected chi connectivity index (χ0v) is 11.3. The Balaban J connectivity index is 2.75. The normalized spacial score (nSPS) is 9.70. The zero-order chi connectivity index (χ0) is 15.1. The minimum Gasteiger partial charge on any atom is -0.481 e. The fourth-order valence-corrected chi connectivity index (χ4v) is 1.54. The average Bonchev–Trinajstić information content (AvgIpc) is 2.40. The Hall–Kier alpha value is -2.57. The Kier molecular flexibility index (Phi) is 5.52. The Bertz CT molecular complexity index is 516. The van der Waals surface area contributed by atoms with Crippen LogP contribution in [0.15, 0.2) is 24.3 Å². The van der Waals surface area contributed by atoms with Gasteiger partial charge in [0, 0.05) is 19.8 Å². The number of hydrogen-bond donors (Lipinski definition) is 3. The summed E-state index contributed by atoms with van der Waals surface area (Å²) in [5, 5.41) is 13.8. The van der Waals surface area contributed by atoms with E-state index in [4.69, 9.17) is 5.11 Å². The first kappa shape index (κ1) is 15.5. The molecule has 0 spiro atoms. The zero-order valence-electron chi connectivity index (χ0n) is 11.3. The van der Waals surface area contributed by atoms with E-state index in [1.54, 1.807) is 24.3 Å². The molecule has 0 saturated carbocycles. The highest BCUT2D eigenvalue weighted by molar-refractivity contribution is 5.93. The fourth-order valence-electron chi connectivity index (χ4n) is 1.54. The summed E-state index contributed by atoms with van der Waals surface area (Å²) in [7, 11) is 2.96. The summed E-state index contributed by atoms with van der Waals surface area (Å²) in [6.45, 7) is -0.0799. The first-order valence-electron chi connectivity index (χ1n) is 5.96. The molecule has 108 valence electrons. The van der Waals surface area contributed by atoms with Crippen LogP contribution in [0.5, 0.6) is 0 Å². The summed E-state index contributed by atoms with van der Waals surface area (Å²) < 4.78 is 0. The lowest BCUT2D eigenvalue weighted by Gasteiger charge is -2.18. The van der Waals surface area contributed by atoms with Crippen LogP contribution in [-0.4, -0.2) is 48.6 Å². The van der Waals surface area contributed by atoms with E-state index in [-0.39, 0.29) is 18.9 Å². The smallest absolute Gasteiger partial charge is 0.322 e. The molecule has 0 aliphatic carbocycles. The monoisotopic (exact) mass is 279 g/mol. The van der Waals surface area contributed by atoms with Gasteiger partial charge in [0.15, 0.2) is 0 Å². The van der Waals surface area contributed by atoms with Crippen molar-refractivity contribution in [1.82, 2.24) is 10.2 Å². The van der Waals surface area contributed by atoms with Crippen molar-refractivity contribution < 1.29 is 19.5 Å². The minimum absolute atomic E-state index is 0.0799. The molecule has 7 heteroatoms. The highest BCUT2D eigenvalue weighted by Crippen LogP contribution is 2.16. The summed E-state index contributed by atoms with van der Waals surface area (Å²) >= 11 is 0. The number of rotatable bonds is 5. The largest absolute Gasteiger partial charge is 0.481 e. The SMILES string of the molecule is CNC(=O)CN(C)C(=O)Nc1ccccc1CC(=O)O. The molecule has 0 bridgehead atoms. The third kappa shape index (κ3) is 4.60. The van der Waals surface area contributed by atoms with Crippen LogP contribution in [0.4, 0.5) is 10.5 Å². The van der Waals surface area contributed by atoms with Gasteiger partial charge in [0.1, 0.15) is 6.54 Å². The summed E-state index contributed by atoms with van der Waals surface area (Å²) in [6.07, 6.45) is -0.185. The highest BCUT2D eigenvalue weighted by atomic mass is 16.4.